The van der Waals surface area contributed by atoms with E-state index in [0.29, 0.717) is 11.6 Å². The van der Waals surface area contributed by atoms with E-state index in [4.69, 9.17) is 0 Å². The molecule has 0 atom stereocenters. The Kier molecular flexibility index (Phi) is 4.27. The molecule has 0 heterocycles. The van der Waals surface area contributed by atoms with Gasteiger partial charge in [0.1, 0.15) is 11.6 Å². The van der Waals surface area contributed by atoms with Crippen LogP contribution in [-0.4, -0.2) is 11.8 Å². The number of benzene rings is 2. The Hall–Kier alpha value is -2.76. The zero-order chi connectivity index (χ0) is 15.4. The molecule has 0 fully saturated rings. The second-order valence-corrected chi connectivity index (χ2v) is 4.40. The summed E-state index contributed by atoms with van der Waals surface area (Å²) in [4.78, 5) is 23.4. The highest BCUT2D eigenvalue weighted by molar-refractivity contribution is 5.99. The van der Waals surface area contributed by atoms with Gasteiger partial charge in [0.15, 0.2) is 0 Å². The Balaban J connectivity index is 2.00. The molecule has 2 aromatic rings. The molecule has 6 heteroatoms. The van der Waals surface area contributed by atoms with E-state index in [0.717, 1.165) is 17.7 Å². The van der Waals surface area contributed by atoms with E-state index in [9.17, 15) is 18.4 Å². The number of hydrogen-bond acceptors (Lipinski definition) is 2. The maximum Gasteiger partial charge on any atom is 0.272 e. The van der Waals surface area contributed by atoms with Gasteiger partial charge in [0, 0.05) is 11.6 Å². The monoisotopic (exact) mass is 290 g/mol. The molecule has 2 rings (SSSR count). The summed E-state index contributed by atoms with van der Waals surface area (Å²) < 4.78 is 26.1. The highest BCUT2D eigenvalue weighted by atomic mass is 19.1. The molecule has 2 aromatic carbocycles. The predicted octanol–water partition coefficient (Wildman–Crippen LogP) is 2.35. The lowest BCUT2D eigenvalue weighted by Crippen LogP contribution is -2.41. The SMILES string of the molecule is Cc1ccc(C(=O)NNC(=O)c2ccc(F)cc2F)cc1. The molecule has 0 bridgehead atoms. The van der Waals surface area contributed by atoms with E-state index in [1.807, 2.05) is 6.92 Å². The number of amides is 2. The van der Waals surface area contributed by atoms with E-state index in [2.05, 4.69) is 10.9 Å². The van der Waals surface area contributed by atoms with Gasteiger partial charge in [-0.15, -0.1) is 0 Å². The van der Waals surface area contributed by atoms with Crippen LogP contribution in [0.2, 0.25) is 0 Å². The van der Waals surface area contributed by atoms with Crippen LogP contribution in [0.4, 0.5) is 8.78 Å². The van der Waals surface area contributed by atoms with Crippen molar-refractivity contribution in [3.8, 4) is 0 Å². The minimum Gasteiger partial charge on any atom is -0.267 e. The Labute approximate surface area is 119 Å². The average Bonchev–Trinajstić information content (AvgIpc) is 2.45. The molecule has 0 aliphatic rings. The van der Waals surface area contributed by atoms with E-state index in [-0.39, 0.29) is 5.56 Å². The summed E-state index contributed by atoms with van der Waals surface area (Å²) in [6.07, 6.45) is 0. The summed E-state index contributed by atoms with van der Waals surface area (Å²) in [7, 11) is 0. The predicted molar refractivity (Wildman–Crippen MR) is 72.5 cm³/mol. The third-order valence-electron chi connectivity index (χ3n) is 2.78. The van der Waals surface area contributed by atoms with Crippen molar-refractivity contribution in [2.24, 2.45) is 0 Å². The summed E-state index contributed by atoms with van der Waals surface area (Å²) in [6, 6.07) is 9.23. The third-order valence-corrected chi connectivity index (χ3v) is 2.78. The van der Waals surface area contributed by atoms with E-state index in [1.54, 1.807) is 24.3 Å². The van der Waals surface area contributed by atoms with Gasteiger partial charge in [-0.3, -0.25) is 20.4 Å². The fraction of sp³-hybridized carbons (Fsp3) is 0.0667. The molecular weight excluding hydrogens is 278 g/mol. The van der Waals surface area contributed by atoms with Crippen molar-refractivity contribution in [1.82, 2.24) is 10.9 Å². The van der Waals surface area contributed by atoms with Gasteiger partial charge in [-0.2, -0.15) is 0 Å². The van der Waals surface area contributed by atoms with E-state index < -0.39 is 23.4 Å². The number of hydrogen-bond donors (Lipinski definition) is 2. The number of hydrazine groups is 1. The molecule has 4 nitrogen and oxygen atoms in total. The molecule has 0 spiro atoms. The summed E-state index contributed by atoms with van der Waals surface area (Å²) >= 11 is 0. The van der Waals surface area contributed by atoms with Gasteiger partial charge in [0.2, 0.25) is 0 Å². The van der Waals surface area contributed by atoms with Crippen molar-refractivity contribution < 1.29 is 18.4 Å². The highest BCUT2D eigenvalue weighted by Crippen LogP contribution is 2.09. The number of aryl methyl sites for hydroxylation is 1. The van der Waals surface area contributed by atoms with Gasteiger partial charge in [0.05, 0.1) is 5.56 Å². The van der Waals surface area contributed by atoms with Crippen LogP contribution in [0.1, 0.15) is 26.3 Å². The van der Waals surface area contributed by atoms with Gasteiger partial charge in [-0.1, -0.05) is 17.7 Å². The summed E-state index contributed by atoms with van der Waals surface area (Å²) in [5.41, 5.74) is 5.21. The zero-order valence-electron chi connectivity index (χ0n) is 11.1. The summed E-state index contributed by atoms with van der Waals surface area (Å²) in [5, 5.41) is 0. The molecule has 0 saturated heterocycles. The van der Waals surface area contributed by atoms with Crippen molar-refractivity contribution >= 4 is 11.8 Å². The lowest BCUT2D eigenvalue weighted by atomic mass is 10.1. The van der Waals surface area contributed by atoms with Gasteiger partial charge in [-0.05, 0) is 31.2 Å². The maximum absolute atomic E-state index is 13.4. The molecule has 21 heavy (non-hydrogen) atoms. The van der Waals surface area contributed by atoms with E-state index in [1.165, 1.54) is 0 Å². The molecule has 0 saturated carbocycles. The molecule has 0 aliphatic heterocycles. The zero-order valence-corrected chi connectivity index (χ0v) is 11.1. The second kappa shape index (κ2) is 6.13. The minimum atomic E-state index is -1.00. The fourth-order valence-corrected chi connectivity index (χ4v) is 1.63. The molecular formula is C15H12F2N2O2. The number of nitrogens with one attached hydrogen (secondary N) is 2. The second-order valence-electron chi connectivity index (χ2n) is 4.40. The van der Waals surface area contributed by atoms with Gasteiger partial charge in [0.25, 0.3) is 11.8 Å². The molecule has 2 N–H and O–H groups in total. The largest absolute Gasteiger partial charge is 0.272 e. The number of rotatable bonds is 2. The number of carbonyl (C=O) groups excluding carboxylic acids is 2. The van der Waals surface area contributed by atoms with Crippen LogP contribution >= 0.6 is 0 Å². The van der Waals surface area contributed by atoms with Crippen LogP contribution in [-0.2, 0) is 0 Å². The normalized spacial score (nSPS) is 10.0. The molecule has 108 valence electrons. The van der Waals surface area contributed by atoms with Gasteiger partial charge in [-0.25, -0.2) is 8.78 Å². The Bertz CT molecular complexity index is 685. The van der Waals surface area contributed by atoms with Crippen LogP contribution in [0.3, 0.4) is 0 Å². The Morgan fingerprint density at radius 2 is 1.52 bits per heavy atom. The molecule has 0 unspecified atom stereocenters. The molecule has 0 aliphatic carbocycles. The first kappa shape index (κ1) is 14.6. The van der Waals surface area contributed by atoms with Crippen LogP contribution in [0, 0.1) is 18.6 Å². The first-order valence-corrected chi connectivity index (χ1v) is 6.10. The van der Waals surface area contributed by atoms with Crippen LogP contribution < -0.4 is 10.9 Å². The maximum atomic E-state index is 13.4. The van der Waals surface area contributed by atoms with Gasteiger partial charge < -0.3 is 0 Å². The van der Waals surface area contributed by atoms with Gasteiger partial charge >= 0.3 is 0 Å². The van der Waals surface area contributed by atoms with Crippen LogP contribution in [0.15, 0.2) is 42.5 Å². The lowest BCUT2D eigenvalue weighted by Gasteiger charge is -2.08. The lowest BCUT2D eigenvalue weighted by molar-refractivity contribution is 0.0844. The van der Waals surface area contributed by atoms with Crippen molar-refractivity contribution in [2.45, 2.75) is 6.92 Å². The standard InChI is InChI=1S/C15H12F2N2O2/c1-9-2-4-10(5-3-9)14(20)18-19-15(21)12-7-6-11(16)8-13(12)17/h2-8H,1H3,(H,18,20)(H,19,21). The topological polar surface area (TPSA) is 58.2 Å². The van der Waals surface area contributed by atoms with Crippen molar-refractivity contribution in [3.63, 3.8) is 0 Å². The summed E-state index contributed by atoms with van der Waals surface area (Å²) in [6.45, 7) is 1.88. The fourth-order valence-electron chi connectivity index (χ4n) is 1.63. The molecule has 0 aromatic heterocycles. The van der Waals surface area contributed by atoms with Crippen molar-refractivity contribution in [1.29, 1.82) is 0 Å². The van der Waals surface area contributed by atoms with Crippen LogP contribution in [0.25, 0.3) is 0 Å². The van der Waals surface area contributed by atoms with Crippen molar-refractivity contribution in [3.05, 3.63) is 70.8 Å². The number of carbonyl (C=O) groups is 2. The molecule has 2 amide bonds. The Morgan fingerprint density at radius 1 is 0.905 bits per heavy atom. The van der Waals surface area contributed by atoms with Crippen molar-refractivity contribution in [2.75, 3.05) is 0 Å². The highest BCUT2D eigenvalue weighted by Gasteiger charge is 2.13. The summed E-state index contributed by atoms with van der Waals surface area (Å²) in [5.74, 6) is -3.19. The number of halogens is 2. The molecule has 0 radical (unpaired) electrons. The van der Waals surface area contributed by atoms with Crippen LogP contribution in [0.5, 0.6) is 0 Å². The first-order chi connectivity index (χ1) is 9.97. The average molecular weight is 290 g/mol. The quantitative estimate of drug-likeness (QED) is 0.834. The van der Waals surface area contributed by atoms with E-state index >= 15 is 0 Å². The third kappa shape index (κ3) is 3.62. The minimum absolute atomic E-state index is 0.348. The Morgan fingerprint density at radius 3 is 2.14 bits per heavy atom. The smallest absolute Gasteiger partial charge is 0.267 e. The first-order valence-electron chi connectivity index (χ1n) is 6.10.